The quantitative estimate of drug-likeness (QED) is 0.578. The van der Waals surface area contributed by atoms with Crippen LogP contribution in [0.5, 0.6) is 0 Å². The van der Waals surface area contributed by atoms with Crippen LogP contribution in [-0.4, -0.2) is 10.2 Å². The first-order valence-corrected chi connectivity index (χ1v) is 4.30. The first-order chi connectivity index (χ1) is 6.95. The minimum atomic E-state index is 0.691. The summed E-state index contributed by atoms with van der Waals surface area (Å²) in [5.74, 6) is 5.95. The highest BCUT2D eigenvalue weighted by atomic mass is 15.1. The molecule has 0 amide bonds. The van der Waals surface area contributed by atoms with Crippen LogP contribution in [0.2, 0.25) is 0 Å². The Balaban J connectivity index is 2.24. The molecule has 0 bridgehead atoms. The van der Waals surface area contributed by atoms with Crippen LogP contribution >= 0.6 is 0 Å². The third-order valence-electron chi connectivity index (χ3n) is 1.68. The number of nitrogens with zero attached hydrogens (tertiary/aromatic N) is 2. The summed E-state index contributed by atoms with van der Waals surface area (Å²) < 4.78 is 0. The van der Waals surface area contributed by atoms with E-state index < -0.39 is 0 Å². The fourth-order valence-corrected chi connectivity index (χ4v) is 1.03. The summed E-state index contributed by atoms with van der Waals surface area (Å²) in [5, 5.41) is 7.61. The number of hydrogen-bond donors (Lipinski definition) is 0. The molecule has 1 aromatic heterocycles. The van der Waals surface area contributed by atoms with E-state index in [4.69, 9.17) is 0 Å². The van der Waals surface area contributed by atoms with Gasteiger partial charge in [-0.2, -0.15) is 5.10 Å². The lowest BCUT2D eigenvalue weighted by molar-refractivity contribution is 1.01. The van der Waals surface area contributed by atoms with E-state index >= 15 is 0 Å². The molecular formula is C12H8N2. The molecule has 1 aromatic carbocycles. The highest BCUT2D eigenvalue weighted by Crippen LogP contribution is 1.95. The molecule has 2 aromatic rings. The van der Waals surface area contributed by atoms with Crippen molar-refractivity contribution >= 4 is 0 Å². The van der Waals surface area contributed by atoms with Crippen LogP contribution in [0.15, 0.2) is 48.7 Å². The van der Waals surface area contributed by atoms with Crippen molar-refractivity contribution in [2.75, 3.05) is 0 Å². The van der Waals surface area contributed by atoms with E-state index in [-0.39, 0.29) is 0 Å². The van der Waals surface area contributed by atoms with Crippen LogP contribution < -0.4 is 0 Å². The fourth-order valence-electron chi connectivity index (χ4n) is 1.03. The Morgan fingerprint density at radius 2 is 1.71 bits per heavy atom. The van der Waals surface area contributed by atoms with Crippen molar-refractivity contribution < 1.29 is 0 Å². The van der Waals surface area contributed by atoms with Gasteiger partial charge in [0.2, 0.25) is 0 Å². The molecule has 0 spiro atoms. The predicted molar refractivity (Wildman–Crippen MR) is 54.5 cm³/mol. The van der Waals surface area contributed by atoms with E-state index in [0.29, 0.717) is 5.69 Å². The summed E-state index contributed by atoms with van der Waals surface area (Å²) in [7, 11) is 0. The van der Waals surface area contributed by atoms with Gasteiger partial charge >= 0.3 is 0 Å². The summed E-state index contributed by atoms with van der Waals surface area (Å²) in [6.07, 6.45) is 1.63. The molecule has 0 aliphatic rings. The van der Waals surface area contributed by atoms with Gasteiger partial charge in [0.25, 0.3) is 0 Å². The number of aromatic nitrogens is 2. The molecule has 1 heterocycles. The van der Waals surface area contributed by atoms with Crippen LogP contribution in [0.3, 0.4) is 0 Å². The van der Waals surface area contributed by atoms with Crippen LogP contribution in [-0.2, 0) is 0 Å². The molecule has 2 heteroatoms. The third kappa shape index (κ3) is 2.18. The molecule has 0 radical (unpaired) electrons. The molecular weight excluding hydrogens is 172 g/mol. The lowest BCUT2D eigenvalue weighted by atomic mass is 10.2. The van der Waals surface area contributed by atoms with Crippen molar-refractivity contribution in [3.05, 3.63) is 59.9 Å². The molecule has 0 aliphatic carbocycles. The minimum Gasteiger partial charge on any atom is -0.158 e. The Kier molecular flexibility index (Phi) is 2.54. The van der Waals surface area contributed by atoms with Crippen molar-refractivity contribution in [1.29, 1.82) is 0 Å². The second-order valence-electron chi connectivity index (χ2n) is 2.72. The standard InChI is InChI=1S/C12H8N2/c1-2-5-11(6-3-1)8-9-12-7-4-10-13-14-12/h1-7,10H. The number of rotatable bonds is 0. The molecule has 0 N–H and O–H groups in total. The maximum atomic E-state index is 3.87. The van der Waals surface area contributed by atoms with E-state index in [1.54, 1.807) is 6.20 Å². The third-order valence-corrected chi connectivity index (χ3v) is 1.68. The molecule has 66 valence electrons. The van der Waals surface area contributed by atoms with Crippen molar-refractivity contribution in [1.82, 2.24) is 10.2 Å². The van der Waals surface area contributed by atoms with E-state index in [1.807, 2.05) is 42.5 Å². The van der Waals surface area contributed by atoms with Gasteiger partial charge in [0, 0.05) is 11.8 Å². The molecule has 0 atom stereocenters. The summed E-state index contributed by atoms with van der Waals surface area (Å²) >= 11 is 0. The summed E-state index contributed by atoms with van der Waals surface area (Å²) in [5.41, 5.74) is 1.68. The summed E-state index contributed by atoms with van der Waals surface area (Å²) in [4.78, 5) is 0. The molecule has 14 heavy (non-hydrogen) atoms. The molecule has 2 rings (SSSR count). The predicted octanol–water partition coefficient (Wildman–Crippen LogP) is 1.88. The first kappa shape index (κ1) is 8.46. The van der Waals surface area contributed by atoms with Crippen LogP contribution in [0.1, 0.15) is 11.3 Å². The highest BCUT2D eigenvalue weighted by molar-refractivity contribution is 5.39. The highest BCUT2D eigenvalue weighted by Gasteiger charge is 1.85. The zero-order chi connectivity index (χ0) is 9.64. The van der Waals surface area contributed by atoms with E-state index in [2.05, 4.69) is 22.0 Å². The zero-order valence-corrected chi connectivity index (χ0v) is 7.51. The van der Waals surface area contributed by atoms with Crippen molar-refractivity contribution in [3.63, 3.8) is 0 Å². The Hall–Kier alpha value is -2.14. The van der Waals surface area contributed by atoms with Crippen LogP contribution in [0.25, 0.3) is 0 Å². The molecule has 0 unspecified atom stereocenters. The van der Waals surface area contributed by atoms with E-state index in [0.717, 1.165) is 5.56 Å². The van der Waals surface area contributed by atoms with Crippen molar-refractivity contribution in [2.45, 2.75) is 0 Å². The van der Waals surface area contributed by atoms with Gasteiger partial charge in [0.15, 0.2) is 0 Å². The SMILES string of the molecule is C(#Cc1cccnn1)c1ccccc1. The second kappa shape index (κ2) is 4.20. The van der Waals surface area contributed by atoms with Gasteiger partial charge in [0.1, 0.15) is 5.69 Å². The largest absolute Gasteiger partial charge is 0.158 e. The fraction of sp³-hybridized carbons (Fsp3) is 0. The van der Waals surface area contributed by atoms with Gasteiger partial charge < -0.3 is 0 Å². The molecule has 2 nitrogen and oxygen atoms in total. The molecule has 0 aliphatic heterocycles. The first-order valence-electron chi connectivity index (χ1n) is 4.30. The van der Waals surface area contributed by atoms with Gasteiger partial charge in [-0.25, -0.2) is 0 Å². The zero-order valence-electron chi connectivity index (χ0n) is 7.51. The van der Waals surface area contributed by atoms with Gasteiger partial charge in [-0.1, -0.05) is 24.1 Å². The maximum absolute atomic E-state index is 3.87. The van der Waals surface area contributed by atoms with Crippen molar-refractivity contribution in [2.24, 2.45) is 0 Å². The average Bonchev–Trinajstić information content (AvgIpc) is 2.29. The van der Waals surface area contributed by atoms with Crippen LogP contribution in [0, 0.1) is 11.8 Å². The Morgan fingerprint density at radius 3 is 2.43 bits per heavy atom. The van der Waals surface area contributed by atoms with Crippen LogP contribution in [0.4, 0.5) is 0 Å². The molecule has 0 saturated heterocycles. The number of hydrogen-bond acceptors (Lipinski definition) is 2. The second-order valence-corrected chi connectivity index (χ2v) is 2.72. The van der Waals surface area contributed by atoms with Gasteiger partial charge in [-0.15, -0.1) is 5.10 Å². The number of benzene rings is 1. The Morgan fingerprint density at radius 1 is 0.857 bits per heavy atom. The average molecular weight is 180 g/mol. The monoisotopic (exact) mass is 180 g/mol. The lowest BCUT2D eigenvalue weighted by Gasteiger charge is -1.86. The summed E-state index contributed by atoms with van der Waals surface area (Å²) in [6, 6.07) is 13.5. The normalized spacial score (nSPS) is 8.86. The van der Waals surface area contributed by atoms with Gasteiger partial charge in [-0.3, -0.25) is 0 Å². The van der Waals surface area contributed by atoms with Gasteiger partial charge in [0.05, 0.1) is 0 Å². The maximum Gasteiger partial charge on any atom is 0.136 e. The van der Waals surface area contributed by atoms with Crippen molar-refractivity contribution in [3.8, 4) is 11.8 Å². The van der Waals surface area contributed by atoms with Gasteiger partial charge in [-0.05, 0) is 30.2 Å². The molecule has 0 saturated carbocycles. The van der Waals surface area contributed by atoms with E-state index in [9.17, 15) is 0 Å². The van der Waals surface area contributed by atoms with E-state index in [1.165, 1.54) is 0 Å². The minimum absolute atomic E-state index is 0.691. The Bertz CT molecular complexity index is 408. The topological polar surface area (TPSA) is 25.8 Å². The summed E-state index contributed by atoms with van der Waals surface area (Å²) in [6.45, 7) is 0. The Labute approximate surface area is 82.6 Å². The molecule has 0 fully saturated rings. The lowest BCUT2D eigenvalue weighted by Crippen LogP contribution is -1.83. The smallest absolute Gasteiger partial charge is 0.136 e.